The van der Waals surface area contributed by atoms with E-state index < -0.39 is 63.2 Å². The van der Waals surface area contributed by atoms with Gasteiger partial charge < -0.3 is 20.4 Å². The predicted molar refractivity (Wildman–Crippen MR) is 58.3 cm³/mol. The van der Waals surface area contributed by atoms with Crippen molar-refractivity contribution in [2.24, 2.45) is 0 Å². The van der Waals surface area contributed by atoms with Gasteiger partial charge in [-0.2, -0.15) is 8.78 Å². The predicted octanol–water partition coefficient (Wildman–Crippen LogP) is 2.87. The Kier molecular flexibility index (Phi) is 3.28. The first-order valence-electron chi connectivity index (χ1n) is 5.17. The molecule has 2 aromatic carbocycles. The van der Waals surface area contributed by atoms with Gasteiger partial charge in [-0.1, -0.05) is 0 Å². The maximum Gasteiger partial charge on any atom is 0.204 e. The molecule has 0 spiro atoms. The molecule has 0 bridgehead atoms. The van der Waals surface area contributed by atoms with Crippen molar-refractivity contribution in [2.75, 3.05) is 0 Å². The van der Waals surface area contributed by atoms with E-state index in [1.165, 1.54) is 0 Å². The average molecular weight is 308 g/mol. The number of halogens is 5. The number of rotatable bonds is 1. The molecule has 0 saturated heterocycles. The molecule has 4 N–H and O–H groups in total. The van der Waals surface area contributed by atoms with Gasteiger partial charge in [0.05, 0.1) is 5.56 Å². The lowest BCUT2D eigenvalue weighted by molar-refractivity contribution is 0.349. The fraction of sp³-hybridized carbons (Fsp3) is 0. The monoisotopic (exact) mass is 308 g/mol. The summed E-state index contributed by atoms with van der Waals surface area (Å²) in [4.78, 5) is 0. The smallest absolute Gasteiger partial charge is 0.204 e. The van der Waals surface area contributed by atoms with Gasteiger partial charge in [-0.25, -0.2) is 13.2 Å². The van der Waals surface area contributed by atoms with Gasteiger partial charge >= 0.3 is 0 Å². The molecule has 0 fully saturated rings. The van der Waals surface area contributed by atoms with Crippen LogP contribution in [0.5, 0.6) is 23.0 Å². The number of phenols is 4. The SMILES string of the molecule is Oc1c(F)cc(-c2c(F)c(F)c(O)c(F)c2F)c(O)c1O. The molecule has 0 unspecified atom stereocenters. The molecule has 0 aliphatic carbocycles. The largest absolute Gasteiger partial charge is 0.504 e. The molecule has 0 aliphatic heterocycles. The maximum atomic E-state index is 13.6. The van der Waals surface area contributed by atoms with Crippen LogP contribution in [0.4, 0.5) is 22.0 Å². The van der Waals surface area contributed by atoms with Gasteiger partial charge in [0, 0.05) is 5.56 Å². The molecule has 0 amide bonds. The molecule has 0 aliphatic rings. The summed E-state index contributed by atoms with van der Waals surface area (Å²) in [5.41, 5.74) is -2.72. The van der Waals surface area contributed by atoms with E-state index in [4.69, 9.17) is 10.2 Å². The molecule has 21 heavy (non-hydrogen) atoms. The van der Waals surface area contributed by atoms with Gasteiger partial charge in [-0.15, -0.1) is 0 Å². The zero-order valence-electron chi connectivity index (χ0n) is 9.76. The van der Waals surface area contributed by atoms with Crippen molar-refractivity contribution in [3.05, 3.63) is 35.2 Å². The van der Waals surface area contributed by atoms with E-state index in [0.717, 1.165) is 0 Å². The molecule has 0 saturated carbocycles. The summed E-state index contributed by atoms with van der Waals surface area (Å²) < 4.78 is 66.9. The van der Waals surface area contributed by atoms with Crippen LogP contribution in [0.1, 0.15) is 0 Å². The van der Waals surface area contributed by atoms with E-state index in [1.807, 2.05) is 0 Å². The summed E-state index contributed by atoms with van der Waals surface area (Å²) in [6.45, 7) is 0. The second-order valence-corrected chi connectivity index (χ2v) is 3.93. The van der Waals surface area contributed by atoms with E-state index in [-0.39, 0.29) is 6.07 Å². The third kappa shape index (κ3) is 1.97. The molecular weight excluding hydrogens is 303 g/mol. The highest BCUT2D eigenvalue weighted by atomic mass is 19.2. The standard InChI is InChI=1S/C12H5F5O4/c13-3-1-2(9(18)12(21)10(3)19)4-5(14)7(16)11(20)8(17)6(4)15/h1,18-21H. The second kappa shape index (κ2) is 4.69. The quantitative estimate of drug-likeness (QED) is 0.371. The topological polar surface area (TPSA) is 80.9 Å². The van der Waals surface area contributed by atoms with Gasteiger partial charge in [0.2, 0.25) is 17.4 Å². The van der Waals surface area contributed by atoms with Gasteiger partial charge in [0.25, 0.3) is 0 Å². The fourth-order valence-corrected chi connectivity index (χ4v) is 1.66. The van der Waals surface area contributed by atoms with Crippen LogP contribution in [-0.4, -0.2) is 20.4 Å². The summed E-state index contributed by atoms with van der Waals surface area (Å²) >= 11 is 0. The molecule has 9 heteroatoms. The van der Waals surface area contributed by atoms with Crippen molar-refractivity contribution in [3.63, 3.8) is 0 Å². The van der Waals surface area contributed by atoms with Gasteiger partial charge in [-0.05, 0) is 6.07 Å². The second-order valence-electron chi connectivity index (χ2n) is 3.93. The van der Waals surface area contributed by atoms with Crippen molar-refractivity contribution in [1.82, 2.24) is 0 Å². The minimum atomic E-state index is -2.17. The molecule has 2 aromatic rings. The van der Waals surface area contributed by atoms with Crippen LogP contribution < -0.4 is 0 Å². The molecule has 2 rings (SSSR count). The Morgan fingerprint density at radius 2 is 1.05 bits per heavy atom. The summed E-state index contributed by atoms with van der Waals surface area (Å²) in [5.74, 6) is -16.4. The average Bonchev–Trinajstić information content (AvgIpc) is 2.46. The van der Waals surface area contributed by atoms with Gasteiger partial charge in [0.1, 0.15) is 0 Å². The van der Waals surface area contributed by atoms with E-state index >= 15 is 0 Å². The van der Waals surface area contributed by atoms with E-state index in [9.17, 15) is 32.2 Å². The first kappa shape index (κ1) is 14.7. The molecule has 0 atom stereocenters. The number of hydrogen-bond acceptors (Lipinski definition) is 4. The van der Waals surface area contributed by atoms with Crippen molar-refractivity contribution in [3.8, 4) is 34.1 Å². The van der Waals surface area contributed by atoms with Crippen LogP contribution >= 0.6 is 0 Å². The molecule has 112 valence electrons. The third-order valence-electron chi connectivity index (χ3n) is 2.71. The molecule has 4 nitrogen and oxygen atoms in total. The Morgan fingerprint density at radius 1 is 0.571 bits per heavy atom. The Bertz CT molecular complexity index is 731. The summed E-state index contributed by atoms with van der Waals surface area (Å²) in [6, 6.07) is 0.155. The lowest BCUT2D eigenvalue weighted by Crippen LogP contribution is -2.00. The van der Waals surface area contributed by atoms with Crippen LogP contribution in [-0.2, 0) is 0 Å². The van der Waals surface area contributed by atoms with Crippen molar-refractivity contribution in [1.29, 1.82) is 0 Å². The highest BCUT2D eigenvalue weighted by molar-refractivity contribution is 5.77. The first-order chi connectivity index (χ1) is 9.68. The fourth-order valence-electron chi connectivity index (χ4n) is 1.66. The zero-order valence-corrected chi connectivity index (χ0v) is 9.76. The Labute approximate surface area is 112 Å². The van der Waals surface area contributed by atoms with Crippen molar-refractivity contribution in [2.45, 2.75) is 0 Å². The normalized spacial score (nSPS) is 10.9. The summed E-state index contributed by atoms with van der Waals surface area (Å²) in [6.07, 6.45) is 0. The zero-order chi connectivity index (χ0) is 16.1. The molecule has 0 radical (unpaired) electrons. The highest BCUT2D eigenvalue weighted by Gasteiger charge is 2.29. The van der Waals surface area contributed by atoms with Crippen molar-refractivity contribution >= 4 is 0 Å². The van der Waals surface area contributed by atoms with Crippen LogP contribution in [0, 0.1) is 29.1 Å². The molecular formula is C12H5F5O4. The number of benzene rings is 2. The Morgan fingerprint density at radius 3 is 1.52 bits per heavy atom. The minimum Gasteiger partial charge on any atom is -0.504 e. The van der Waals surface area contributed by atoms with Crippen LogP contribution in [0.2, 0.25) is 0 Å². The highest BCUT2D eigenvalue weighted by Crippen LogP contribution is 2.46. The summed E-state index contributed by atoms with van der Waals surface area (Å²) in [7, 11) is 0. The number of hydrogen-bond donors (Lipinski definition) is 4. The Hall–Kier alpha value is -2.71. The molecule has 0 aromatic heterocycles. The van der Waals surface area contributed by atoms with E-state index in [0.29, 0.717) is 0 Å². The summed E-state index contributed by atoms with van der Waals surface area (Å²) in [5, 5.41) is 36.4. The van der Waals surface area contributed by atoms with Gasteiger partial charge in [0.15, 0.2) is 34.7 Å². The van der Waals surface area contributed by atoms with E-state index in [1.54, 1.807) is 0 Å². The third-order valence-corrected chi connectivity index (χ3v) is 2.71. The van der Waals surface area contributed by atoms with Crippen molar-refractivity contribution < 1.29 is 42.4 Å². The van der Waals surface area contributed by atoms with Crippen LogP contribution in [0.3, 0.4) is 0 Å². The van der Waals surface area contributed by atoms with E-state index in [2.05, 4.69) is 0 Å². The van der Waals surface area contributed by atoms with Gasteiger partial charge in [-0.3, -0.25) is 0 Å². The first-order valence-corrected chi connectivity index (χ1v) is 5.17. The van der Waals surface area contributed by atoms with Crippen LogP contribution in [0.25, 0.3) is 11.1 Å². The number of aromatic hydroxyl groups is 4. The van der Waals surface area contributed by atoms with Crippen LogP contribution in [0.15, 0.2) is 6.07 Å². The minimum absolute atomic E-state index is 0.155. The number of phenolic OH excluding ortho intramolecular Hbond substituents is 4. The lowest BCUT2D eigenvalue weighted by atomic mass is 10.0. The Balaban J connectivity index is 2.93. The molecule has 0 heterocycles. The lowest BCUT2D eigenvalue weighted by Gasteiger charge is -2.12. The maximum absolute atomic E-state index is 13.6.